The first-order chi connectivity index (χ1) is 20.0. The van der Waals surface area contributed by atoms with Gasteiger partial charge >= 0.3 is 5.97 Å². The molecule has 5 rings (SSSR count). The van der Waals surface area contributed by atoms with Gasteiger partial charge in [-0.05, 0) is 60.2 Å². The number of anilines is 2. The maximum absolute atomic E-state index is 13.2. The van der Waals surface area contributed by atoms with Crippen molar-refractivity contribution in [2.45, 2.75) is 6.61 Å². The lowest BCUT2D eigenvalue weighted by molar-refractivity contribution is 0.0600. The molecular weight excluding hydrogens is 518 g/mol. The average Bonchev–Trinajstić information content (AvgIpc) is 3.04. The largest absolute Gasteiger partial charge is 0.489 e. The third-order valence-electron chi connectivity index (χ3n) is 6.96. The normalized spacial score (nSPS) is 12.9. The molecule has 0 aliphatic carbocycles. The summed E-state index contributed by atoms with van der Waals surface area (Å²) in [5.74, 6) is -0.163. The maximum atomic E-state index is 13.2. The second kappa shape index (κ2) is 12.8. The molecular formula is C33H31N3O5. The minimum absolute atomic E-state index is 0.00369. The topological polar surface area (TPSA) is 88.2 Å². The average molecular weight is 550 g/mol. The van der Waals surface area contributed by atoms with Crippen molar-refractivity contribution in [2.75, 3.05) is 43.5 Å². The number of ether oxygens (including phenoxy) is 2. The minimum atomic E-state index is -0.495. The molecule has 1 saturated heterocycles. The standard InChI is InChI=1S/C33H31N3O5/c1-40-33(39)27-14-17-30(35-18-20-36(21-19-35)32(38)26-10-6-3-7-11-26)29(22-27)34-31(37)25-12-15-28(16-13-25)41-23-24-8-4-2-5-9-24/h2-17,22H,18-21,23H2,1H3,(H,34,37). The Morgan fingerprint density at radius 3 is 2.02 bits per heavy atom. The molecule has 1 aliphatic rings. The first-order valence-electron chi connectivity index (χ1n) is 13.4. The van der Waals surface area contributed by atoms with Gasteiger partial charge in [-0.1, -0.05) is 48.5 Å². The summed E-state index contributed by atoms with van der Waals surface area (Å²) in [4.78, 5) is 42.3. The Bertz CT molecular complexity index is 1500. The Hall–Kier alpha value is -5.11. The lowest BCUT2D eigenvalue weighted by atomic mass is 10.1. The van der Waals surface area contributed by atoms with Crippen molar-refractivity contribution >= 4 is 29.2 Å². The van der Waals surface area contributed by atoms with Crippen LogP contribution < -0.4 is 15.0 Å². The van der Waals surface area contributed by atoms with Gasteiger partial charge < -0.3 is 24.6 Å². The highest BCUT2D eigenvalue weighted by molar-refractivity contribution is 6.07. The number of rotatable bonds is 8. The van der Waals surface area contributed by atoms with Crippen LogP contribution in [0.1, 0.15) is 36.6 Å². The van der Waals surface area contributed by atoms with E-state index < -0.39 is 5.97 Å². The van der Waals surface area contributed by atoms with Crippen molar-refractivity contribution in [3.05, 3.63) is 125 Å². The number of carbonyl (C=O) groups excluding carboxylic acids is 3. The van der Waals surface area contributed by atoms with E-state index in [1.165, 1.54) is 7.11 Å². The highest BCUT2D eigenvalue weighted by Gasteiger charge is 2.25. The van der Waals surface area contributed by atoms with Crippen LogP contribution in [0.4, 0.5) is 11.4 Å². The second-order valence-electron chi connectivity index (χ2n) is 9.62. The van der Waals surface area contributed by atoms with Gasteiger partial charge in [-0.25, -0.2) is 4.79 Å². The molecule has 208 valence electrons. The fourth-order valence-corrected chi connectivity index (χ4v) is 4.71. The number of amides is 2. The molecule has 0 radical (unpaired) electrons. The number of esters is 1. The Balaban J connectivity index is 1.28. The van der Waals surface area contributed by atoms with E-state index in [1.54, 1.807) is 42.5 Å². The van der Waals surface area contributed by atoms with Gasteiger partial charge in [0.1, 0.15) is 12.4 Å². The molecule has 1 heterocycles. The van der Waals surface area contributed by atoms with Crippen molar-refractivity contribution in [1.29, 1.82) is 0 Å². The van der Waals surface area contributed by atoms with E-state index in [-0.39, 0.29) is 11.8 Å². The zero-order valence-electron chi connectivity index (χ0n) is 22.8. The van der Waals surface area contributed by atoms with Gasteiger partial charge in [-0.2, -0.15) is 0 Å². The van der Waals surface area contributed by atoms with E-state index in [9.17, 15) is 14.4 Å². The van der Waals surface area contributed by atoms with Crippen LogP contribution in [0.5, 0.6) is 5.75 Å². The molecule has 4 aromatic carbocycles. The molecule has 8 heteroatoms. The summed E-state index contributed by atoms with van der Waals surface area (Å²) in [5, 5.41) is 2.97. The third-order valence-corrected chi connectivity index (χ3v) is 6.96. The summed E-state index contributed by atoms with van der Waals surface area (Å²) in [7, 11) is 1.32. The predicted octanol–water partition coefficient (Wildman–Crippen LogP) is 5.27. The van der Waals surface area contributed by atoms with Crippen LogP contribution in [0.15, 0.2) is 103 Å². The van der Waals surface area contributed by atoms with E-state index in [1.807, 2.05) is 65.6 Å². The van der Waals surface area contributed by atoms with Gasteiger partial charge in [0.15, 0.2) is 0 Å². The van der Waals surface area contributed by atoms with Crippen LogP contribution >= 0.6 is 0 Å². The van der Waals surface area contributed by atoms with Crippen LogP contribution in [0, 0.1) is 0 Å². The molecule has 4 aromatic rings. The molecule has 0 spiro atoms. The number of hydrogen-bond donors (Lipinski definition) is 1. The maximum Gasteiger partial charge on any atom is 0.337 e. The van der Waals surface area contributed by atoms with Crippen molar-refractivity contribution in [1.82, 2.24) is 4.90 Å². The second-order valence-corrected chi connectivity index (χ2v) is 9.62. The fourth-order valence-electron chi connectivity index (χ4n) is 4.71. The highest BCUT2D eigenvalue weighted by atomic mass is 16.5. The van der Waals surface area contributed by atoms with Gasteiger partial charge in [0.05, 0.1) is 24.0 Å². The first-order valence-corrected chi connectivity index (χ1v) is 13.4. The number of carbonyl (C=O) groups is 3. The molecule has 1 fully saturated rings. The molecule has 1 aliphatic heterocycles. The Morgan fingerprint density at radius 1 is 0.732 bits per heavy atom. The van der Waals surface area contributed by atoms with Gasteiger partial charge in [-0.15, -0.1) is 0 Å². The molecule has 41 heavy (non-hydrogen) atoms. The molecule has 1 N–H and O–H groups in total. The highest BCUT2D eigenvalue weighted by Crippen LogP contribution is 2.30. The van der Waals surface area contributed by atoms with Gasteiger partial charge in [0.2, 0.25) is 0 Å². The lowest BCUT2D eigenvalue weighted by Crippen LogP contribution is -2.49. The Morgan fingerprint density at radius 2 is 1.37 bits per heavy atom. The predicted molar refractivity (Wildman–Crippen MR) is 158 cm³/mol. The minimum Gasteiger partial charge on any atom is -0.489 e. The zero-order valence-corrected chi connectivity index (χ0v) is 22.8. The molecule has 0 atom stereocenters. The summed E-state index contributed by atoms with van der Waals surface area (Å²) < 4.78 is 10.7. The SMILES string of the molecule is COC(=O)c1ccc(N2CCN(C(=O)c3ccccc3)CC2)c(NC(=O)c2ccc(OCc3ccccc3)cc2)c1. The van der Waals surface area contributed by atoms with Crippen LogP contribution in [0.3, 0.4) is 0 Å². The first kappa shape index (κ1) is 27.5. The third kappa shape index (κ3) is 6.73. The van der Waals surface area contributed by atoms with Crippen molar-refractivity contribution < 1.29 is 23.9 Å². The number of benzene rings is 4. The van der Waals surface area contributed by atoms with E-state index in [0.29, 0.717) is 60.9 Å². The summed E-state index contributed by atoms with van der Waals surface area (Å²) in [6.07, 6.45) is 0. The van der Waals surface area contributed by atoms with E-state index in [4.69, 9.17) is 9.47 Å². The molecule has 0 unspecified atom stereocenters. The van der Waals surface area contributed by atoms with Gasteiger partial charge in [0, 0.05) is 37.3 Å². The lowest BCUT2D eigenvalue weighted by Gasteiger charge is -2.37. The van der Waals surface area contributed by atoms with Crippen LogP contribution in [0.25, 0.3) is 0 Å². The van der Waals surface area contributed by atoms with Crippen molar-refractivity contribution in [3.63, 3.8) is 0 Å². The monoisotopic (exact) mass is 549 g/mol. The fraction of sp³-hybridized carbons (Fsp3) is 0.182. The Labute approximate surface area is 239 Å². The van der Waals surface area contributed by atoms with E-state index in [0.717, 1.165) is 11.3 Å². The van der Waals surface area contributed by atoms with Crippen molar-refractivity contribution in [3.8, 4) is 5.75 Å². The molecule has 2 amide bonds. The smallest absolute Gasteiger partial charge is 0.337 e. The summed E-state index contributed by atoms with van der Waals surface area (Å²) >= 11 is 0. The molecule has 0 aromatic heterocycles. The number of piperazine rings is 1. The van der Waals surface area contributed by atoms with Crippen molar-refractivity contribution in [2.24, 2.45) is 0 Å². The van der Waals surface area contributed by atoms with Crippen LogP contribution in [-0.2, 0) is 11.3 Å². The number of hydrogen-bond acceptors (Lipinski definition) is 6. The number of methoxy groups -OCH3 is 1. The van der Waals surface area contributed by atoms with E-state index in [2.05, 4.69) is 10.2 Å². The van der Waals surface area contributed by atoms with Gasteiger partial charge in [-0.3, -0.25) is 9.59 Å². The summed E-state index contributed by atoms with van der Waals surface area (Å²) in [5.41, 5.74) is 3.75. The molecule has 8 nitrogen and oxygen atoms in total. The van der Waals surface area contributed by atoms with Crippen LogP contribution in [-0.4, -0.2) is 56.0 Å². The molecule has 0 bridgehead atoms. The van der Waals surface area contributed by atoms with Gasteiger partial charge in [0.25, 0.3) is 11.8 Å². The Kier molecular flexibility index (Phi) is 8.59. The number of nitrogens with zero attached hydrogens (tertiary/aromatic N) is 2. The quantitative estimate of drug-likeness (QED) is 0.302. The van der Waals surface area contributed by atoms with Crippen LogP contribution in [0.2, 0.25) is 0 Å². The zero-order chi connectivity index (χ0) is 28.6. The molecule has 0 saturated carbocycles. The summed E-state index contributed by atoms with van der Waals surface area (Å²) in [6, 6.07) is 31.1. The number of nitrogens with one attached hydrogen (secondary N) is 1. The van der Waals surface area contributed by atoms with E-state index >= 15 is 0 Å². The summed E-state index contributed by atoms with van der Waals surface area (Å²) in [6.45, 7) is 2.65.